The Hall–Kier alpha value is -4.39. The molecule has 0 atom stereocenters. The minimum Gasteiger partial charge on any atom is -0.376 e. The van der Waals surface area contributed by atoms with E-state index < -0.39 is 0 Å². The molecule has 1 heterocycles. The van der Waals surface area contributed by atoms with Gasteiger partial charge >= 0.3 is 0 Å². The first-order valence-corrected chi connectivity index (χ1v) is 11.5. The van der Waals surface area contributed by atoms with Crippen molar-refractivity contribution in [3.05, 3.63) is 107 Å². The van der Waals surface area contributed by atoms with E-state index in [1.54, 1.807) is 18.2 Å². The van der Waals surface area contributed by atoms with Crippen LogP contribution < -0.4 is 16.0 Å². The van der Waals surface area contributed by atoms with Crippen LogP contribution in [0.4, 0.5) is 11.4 Å². The van der Waals surface area contributed by atoms with Gasteiger partial charge in [-0.05, 0) is 50.6 Å². The van der Waals surface area contributed by atoms with Crippen molar-refractivity contribution in [1.29, 1.82) is 0 Å². The summed E-state index contributed by atoms with van der Waals surface area (Å²) in [5.41, 5.74) is 6.46. The highest BCUT2D eigenvalue weighted by atomic mass is 16.2. The summed E-state index contributed by atoms with van der Waals surface area (Å²) >= 11 is 0. The Morgan fingerprint density at radius 3 is 2.29 bits per heavy atom. The summed E-state index contributed by atoms with van der Waals surface area (Å²) in [5, 5.41) is 13.6. The van der Waals surface area contributed by atoms with Gasteiger partial charge in [-0.1, -0.05) is 60.2 Å². The fourth-order valence-corrected chi connectivity index (χ4v) is 3.82. The molecule has 0 saturated carbocycles. The molecule has 7 heteroatoms. The van der Waals surface area contributed by atoms with Crippen LogP contribution in [0.25, 0.3) is 5.69 Å². The lowest BCUT2D eigenvalue weighted by atomic mass is 10.1. The van der Waals surface area contributed by atoms with Gasteiger partial charge < -0.3 is 16.0 Å². The summed E-state index contributed by atoms with van der Waals surface area (Å²) in [6, 6.07) is 25.0. The van der Waals surface area contributed by atoms with E-state index in [0.717, 1.165) is 22.6 Å². The smallest absolute Gasteiger partial charge is 0.253 e. The number of carbonyl (C=O) groups excluding carboxylic acids is 2. The highest BCUT2D eigenvalue weighted by Gasteiger charge is 2.16. The molecule has 7 nitrogen and oxygen atoms in total. The maximum Gasteiger partial charge on any atom is 0.253 e. The van der Waals surface area contributed by atoms with Gasteiger partial charge in [-0.3, -0.25) is 9.59 Å². The van der Waals surface area contributed by atoms with E-state index in [1.165, 1.54) is 5.56 Å². The molecule has 0 bridgehead atoms. The van der Waals surface area contributed by atoms with Crippen LogP contribution >= 0.6 is 0 Å². The lowest BCUT2D eigenvalue weighted by molar-refractivity contribution is -0.114. The molecule has 0 spiro atoms. The molecular formula is C28H29N5O2. The standard InChI is InChI=1S/C28H29N5O2/c1-19-13-15-22(16-14-19)17-30-28(35)24-11-7-8-12-25(24)29-18-26(34)31-27-20(2)32-33(21(27)3)23-9-5-4-6-10-23/h4-16,29H,17-18H2,1-3H3,(H,30,35)(H,31,34). The molecule has 0 aliphatic rings. The first kappa shape index (κ1) is 23.8. The quantitative estimate of drug-likeness (QED) is 0.348. The largest absolute Gasteiger partial charge is 0.376 e. The zero-order chi connectivity index (χ0) is 24.8. The van der Waals surface area contributed by atoms with Crippen LogP contribution in [0.1, 0.15) is 32.9 Å². The number of carbonyl (C=O) groups is 2. The molecule has 3 aromatic carbocycles. The zero-order valence-corrected chi connectivity index (χ0v) is 20.1. The van der Waals surface area contributed by atoms with Crippen LogP contribution in [-0.4, -0.2) is 28.1 Å². The van der Waals surface area contributed by atoms with E-state index in [1.807, 2.05) is 86.1 Å². The molecule has 1 aromatic heterocycles. The number of rotatable bonds is 8. The second kappa shape index (κ2) is 10.7. The first-order chi connectivity index (χ1) is 16.9. The van der Waals surface area contributed by atoms with Gasteiger partial charge in [0.15, 0.2) is 0 Å². The van der Waals surface area contributed by atoms with Crippen molar-refractivity contribution in [3.8, 4) is 5.69 Å². The number of aryl methyl sites for hydroxylation is 2. The van der Waals surface area contributed by atoms with Crippen molar-refractivity contribution >= 4 is 23.2 Å². The molecular weight excluding hydrogens is 438 g/mol. The molecule has 4 rings (SSSR count). The predicted molar refractivity (Wildman–Crippen MR) is 139 cm³/mol. The van der Waals surface area contributed by atoms with Gasteiger partial charge in [-0.2, -0.15) is 5.10 Å². The van der Waals surface area contributed by atoms with Gasteiger partial charge in [0, 0.05) is 12.2 Å². The van der Waals surface area contributed by atoms with Gasteiger partial charge in [-0.25, -0.2) is 4.68 Å². The van der Waals surface area contributed by atoms with Crippen LogP contribution in [0.15, 0.2) is 78.9 Å². The molecule has 0 fully saturated rings. The average molecular weight is 468 g/mol. The second-order valence-corrected chi connectivity index (χ2v) is 8.41. The third-order valence-electron chi connectivity index (χ3n) is 5.74. The molecule has 0 radical (unpaired) electrons. The van der Waals surface area contributed by atoms with E-state index in [9.17, 15) is 9.59 Å². The van der Waals surface area contributed by atoms with Crippen molar-refractivity contribution in [2.24, 2.45) is 0 Å². The molecule has 0 aliphatic heterocycles. The Bertz CT molecular complexity index is 1330. The predicted octanol–water partition coefficient (Wildman–Crippen LogP) is 4.78. The Morgan fingerprint density at radius 1 is 0.857 bits per heavy atom. The van der Waals surface area contributed by atoms with Gasteiger partial charge in [0.05, 0.1) is 34.9 Å². The van der Waals surface area contributed by atoms with Crippen molar-refractivity contribution in [3.63, 3.8) is 0 Å². The van der Waals surface area contributed by atoms with Gasteiger partial charge in [0.2, 0.25) is 5.91 Å². The lowest BCUT2D eigenvalue weighted by Gasteiger charge is -2.13. The summed E-state index contributed by atoms with van der Waals surface area (Å²) in [6.45, 7) is 6.25. The van der Waals surface area contributed by atoms with E-state index in [2.05, 4.69) is 21.0 Å². The minimum atomic E-state index is -0.223. The highest BCUT2D eigenvalue weighted by molar-refractivity contribution is 6.01. The number of anilines is 2. The van der Waals surface area contributed by atoms with Crippen molar-refractivity contribution in [1.82, 2.24) is 15.1 Å². The summed E-state index contributed by atoms with van der Waals surface area (Å²) < 4.78 is 1.81. The second-order valence-electron chi connectivity index (χ2n) is 8.41. The highest BCUT2D eigenvalue weighted by Crippen LogP contribution is 2.23. The number of hydrogen-bond donors (Lipinski definition) is 3. The third kappa shape index (κ3) is 5.76. The fourth-order valence-electron chi connectivity index (χ4n) is 3.82. The van der Waals surface area contributed by atoms with Gasteiger partial charge in [-0.15, -0.1) is 0 Å². The Morgan fingerprint density at radius 2 is 1.54 bits per heavy atom. The molecule has 3 N–H and O–H groups in total. The summed E-state index contributed by atoms with van der Waals surface area (Å²) in [7, 11) is 0. The van der Waals surface area contributed by atoms with E-state index >= 15 is 0 Å². The third-order valence-corrected chi connectivity index (χ3v) is 5.74. The molecule has 178 valence electrons. The van der Waals surface area contributed by atoms with Gasteiger partial charge in [0.1, 0.15) is 0 Å². The Labute approximate surface area is 205 Å². The molecule has 4 aromatic rings. The topological polar surface area (TPSA) is 88.1 Å². The van der Waals surface area contributed by atoms with Crippen LogP contribution in [0.5, 0.6) is 0 Å². The summed E-state index contributed by atoms with van der Waals surface area (Å²) in [5.74, 6) is -0.427. The van der Waals surface area contributed by atoms with Crippen LogP contribution in [0.2, 0.25) is 0 Å². The Balaban J connectivity index is 1.39. The van der Waals surface area contributed by atoms with Crippen LogP contribution in [0.3, 0.4) is 0 Å². The van der Waals surface area contributed by atoms with Crippen molar-refractivity contribution < 1.29 is 9.59 Å². The van der Waals surface area contributed by atoms with E-state index in [0.29, 0.717) is 23.5 Å². The summed E-state index contributed by atoms with van der Waals surface area (Å²) in [4.78, 5) is 25.5. The molecule has 0 unspecified atom stereocenters. The summed E-state index contributed by atoms with van der Waals surface area (Å²) in [6.07, 6.45) is 0. The monoisotopic (exact) mass is 467 g/mol. The Kier molecular flexibility index (Phi) is 7.26. The average Bonchev–Trinajstić information content (AvgIpc) is 3.16. The van der Waals surface area contributed by atoms with E-state index in [-0.39, 0.29) is 18.4 Å². The normalized spacial score (nSPS) is 10.6. The van der Waals surface area contributed by atoms with Crippen molar-refractivity contribution in [2.45, 2.75) is 27.3 Å². The fraction of sp³-hybridized carbons (Fsp3) is 0.179. The molecule has 2 amide bonds. The van der Waals surface area contributed by atoms with Gasteiger partial charge in [0.25, 0.3) is 5.91 Å². The maximum absolute atomic E-state index is 12.8. The first-order valence-electron chi connectivity index (χ1n) is 11.5. The zero-order valence-electron chi connectivity index (χ0n) is 20.1. The lowest BCUT2D eigenvalue weighted by Crippen LogP contribution is -2.26. The number of nitrogens with one attached hydrogen (secondary N) is 3. The number of nitrogens with zero attached hydrogens (tertiary/aromatic N) is 2. The SMILES string of the molecule is Cc1ccc(CNC(=O)c2ccccc2NCC(=O)Nc2c(C)nn(-c3ccccc3)c2C)cc1. The van der Waals surface area contributed by atoms with E-state index in [4.69, 9.17) is 0 Å². The minimum absolute atomic E-state index is 0.0116. The number of para-hydroxylation sites is 2. The molecule has 0 aliphatic carbocycles. The number of benzene rings is 3. The number of amides is 2. The van der Waals surface area contributed by atoms with Crippen molar-refractivity contribution in [2.75, 3.05) is 17.2 Å². The van der Waals surface area contributed by atoms with Crippen LogP contribution in [-0.2, 0) is 11.3 Å². The maximum atomic E-state index is 12.8. The number of hydrogen-bond acceptors (Lipinski definition) is 4. The van der Waals surface area contributed by atoms with Crippen LogP contribution in [0, 0.1) is 20.8 Å². The molecule has 35 heavy (non-hydrogen) atoms. The number of aromatic nitrogens is 2. The molecule has 0 saturated heterocycles.